The number of oxazole rings is 1. The third-order valence-corrected chi connectivity index (χ3v) is 4.92. The van der Waals surface area contributed by atoms with Crippen LogP contribution in [0.4, 0.5) is 0 Å². The van der Waals surface area contributed by atoms with Gasteiger partial charge >= 0.3 is 5.97 Å². The molecule has 0 spiro atoms. The molecule has 4 aromatic rings. The van der Waals surface area contributed by atoms with Gasteiger partial charge in [0.05, 0.1) is 11.4 Å². The summed E-state index contributed by atoms with van der Waals surface area (Å²) in [5.41, 5.74) is 3.90. The first-order valence-corrected chi connectivity index (χ1v) is 9.78. The molecule has 0 aliphatic heterocycles. The van der Waals surface area contributed by atoms with Gasteiger partial charge in [-0.1, -0.05) is 29.4 Å². The third kappa shape index (κ3) is 4.11. The van der Waals surface area contributed by atoms with E-state index in [2.05, 4.69) is 10.1 Å². The molecule has 0 saturated heterocycles. The Hall–Kier alpha value is -3.45. The fourth-order valence-electron chi connectivity index (χ4n) is 3.38. The highest BCUT2D eigenvalue weighted by molar-refractivity contribution is 5.81. The number of carboxylic acids is 1. The van der Waals surface area contributed by atoms with E-state index in [9.17, 15) is 9.90 Å². The quantitative estimate of drug-likeness (QED) is 0.463. The Labute approximate surface area is 173 Å². The number of ether oxygens (including phenoxy) is 1. The predicted molar refractivity (Wildman–Crippen MR) is 110 cm³/mol. The van der Waals surface area contributed by atoms with Crippen molar-refractivity contribution >= 4 is 16.9 Å². The van der Waals surface area contributed by atoms with Crippen molar-refractivity contribution < 1.29 is 23.6 Å². The maximum absolute atomic E-state index is 11.3. The number of aromatic nitrogens is 2. The van der Waals surface area contributed by atoms with E-state index in [-0.39, 0.29) is 6.42 Å². The lowest BCUT2D eigenvalue weighted by Gasteiger charge is -2.12. The summed E-state index contributed by atoms with van der Waals surface area (Å²) >= 11 is 0. The Bertz CT molecular complexity index is 1160. The van der Waals surface area contributed by atoms with Crippen molar-refractivity contribution in [2.75, 3.05) is 6.61 Å². The molecule has 0 fully saturated rings. The van der Waals surface area contributed by atoms with E-state index in [1.54, 1.807) is 6.92 Å². The summed E-state index contributed by atoms with van der Waals surface area (Å²) in [7, 11) is 0. The summed E-state index contributed by atoms with van der Waals surface area (Å²) in [6, 6.07) is 15.3. The molecule has 0 amide bonds. The SMILES string of the molecule is CCOC(Cc1ccc2c(Cc3nc(-c4ccccc4)oc3C)noc2c1)C(=O)O. The smallest absolute Gasteiger partial charge is 0.333 e. The molecule has 1 unspecified atom stereocenters. The number of benzene rings is 2. The lowest BCUT2D eigenvalue weighted by molar-refractivity contribution is -0.149. The molecule has 0 aliphatic carbocycles. The number of fused-ring (bicyclic) bond motifs is 1. The summed E-state index contributed by atoms with van der Waals surface area (Å²) in [5.74, 6) is 0.336. The second-order valence-electron chi connectivity index (χ2n) is 7.01. The average molecular weight is 406 g/mol. The first-order chi connectivity index (χ1) is 14.5. The largest absolute Gasteiger partial charge is 0.479 e. The zero-order valence-electron chi connectivity index (χ0n) is 16.8. The van der Waals surface area contributed by atoms with E-state index in [1.807, 2.05) is 55.5 Å². The van der Waals surface area contributed by atoms with Gasteiger partial charge in [0.1, 0.15) is 5.76 Å². The van der Waals surface area contributed by atoms with Crippen LogP contribution in [0.15, 0.2) is 57.5 Å². The van der Waals surface area contributed by atoms with Crippen LogP contribution in [-0.2, 0) is 22.4 Å². The molecule has 7 nitrogen and oxygen atoms in total. The maximum atomic E-state index is 11.3. The molecule has 0 saturated carbocycles. The van der Waals surface area contributed by atoms with Gasteiger partial charge in [-0.25, -0.2) is 9.78 Å². The van der Waals surface area contributed by atoms with Crippen molar-refractivity contribution in [3.63, 3.8) is 0 Å². The average Bonchev–Trinajstić information content (AvgIpc) is 3.32. The molecule has 154 valence electrons. The molecule has 30 heavy (non-hydrogen) atoms. The van der Waals surface area contributed by atoms with Gasteiger partial charge in [-0.3, -0.25) is 0 Å². The van der Waals surface area contributed by atoms with Crippen molar-refractivity contribution in [2.24, 2.45) is 0 Å². The molecule has 1 atom stereocenters. The maximum Gasteiger partial charge on any atom is 0.333 e. The Morgan fingerprint density at radius 3 is 2.70 bits per heavy atom. The first kappa shape index (κ1) is 19.8. The molecule has 2 aromatic carbocycles. The number of rotatable bonds is 8. The van der Waals surface area contributed by atoms with Crippen LogP contribution in [0.5, 0.6) is 0 Å². The van der Waals surface area contributed by atoms with Crippen LogP contribution in [-0.4, -0.2) is 33.9 Å². The van der Waals surface area contributed by atoms with Gasteiger partial charge in [0.2, 0.25) is 5.89 Å². The first-order valence-electron chi connectivity index (χ1n) is 9.78. The highest BCUT2D eigenvalue weighted by Crippen LogP contribution is 2.26. The van der Waals surface area contributed by atoms with Crippen LogP contribution >= 0.6 is 0 Å². The van der Waals surface area contributed by atoms with Gasteiger partial charge in [-0.05, 0) is 43.7 Å². The molecule has 0 radical (unpaired) electrons. The number of hydrogen-bond donors (Lipinski definition) is 1. The molecule has 0 bridgehead atoms. The molecule has 1 N–H and O–H groups in total. The van der Waals surface area contributed by atoms with Gasteiger partial charge in [0.25, 0.3) is 0 Å². The van der Waals surface area contributed by atoms with E-state index in [0.29, 0.717) is 24.5 Å². The normalized spacial score (nSPS) is 12.3. The summed E-state index contributed by atoms with van der Waals surface area (Å²) in [4.78, 5) is 16.0. The summed E-state index contributed by atoms with van der Waals surface area (Å²) in [6.45, 7) is 4.00. The second kappa shape index (κ2) is 8.51. The molecule has 0 aliphatic rings. The molecular weight excluding hydrogens is 384 g/mol. The fourth-order valence-corrected chi connectivity index (χ4v) is 3.38. The zero-order chi connectivity index (χ0) is 21.1. The van der Waals surface area contributed by atoms with Crippen molar-refractivity contribution in [3.8, 4) is 11.5 Å². The van der Waals surface area contributed by atoms with Crippen LogP contribution in [0.3, 0.4) is 0 Å². The minimum Gasteiger partial charge on any atom is -0.479 e. The standard InChI is InChI=1S/C23H22N2O5/c1-3-28-21(23(26)27)12-15-9-10-17-19(25-30-20(17)11-15)13-18-14(2)29-22(24-18)16-7-5-4-6-8-16/h4-11,21H,3,12-13H2,1-2H3,(H,26,27). The molecular formula is C23H22N2O5. The lowest BCUT2D eigenvalue weighted by atomic mass is 10.0. The van der Waals surface area contributed by atoms with Crippen molar-refractivity contribution in [3.05, 3.63) is 71.2 Å². The number of carboxylic acid groups (broad SMARTS) is 1. The van der Waals surface area contributed by atoms with E-state index < -0.39 is 12.1 Å². The van der Waals surface area contributed by atoms with Crippen LogP contribution in [0.1, 0.15) is 29.6 Å². The predicted octanol–water partition coefficient (Wildman–Crippen LogP) is 4.41. The Balaban J connectivity index is 1.56. The summed E-state index contributed by atoms with van der Waals surface area (Å²) < 4.78 is 16.6. The van der Waals surface area contributed by atoms with E-state index >= 15 is 0 Å². The fraction of sp³-hybridized carbons (Fsp3) is 0.261. The minimum atomic E-state index is -0.981. The van der Waals surface area contributed by atoms with Crippen LogP contribution in [0.25, 0.3) is 22.4 Å². The summed E-state index contributed by atoms with van der Waals surface area (Å²) in [6.07, 6.45) is -0.146. The molecule has 7 heteroatoms. The Kier molecular flexibility index (Phi) is 5.63. The molecule has 2 aromatic heterocycles. The van der Waals surface area contributed by atoms with E-state index in [1.165, 1.54) is 0 Å². The molecule has 2 heterocycles. The van der Waals surface area contributed by atoms with Gasteiger partial charge in [-0.15, -0.1) is 0 Å². The van der Waals surface area contributed by atoms with Gasteiger partial charge in [0.15, 0.2) is 11.7 Å². The van der Waals surface area contributed by atoms with Crippen LogP contribution < -0.4 is 0 Å². The van der Waals surface area contributed by atoms with E-state index in [0.717, 1.165) is 33.7 Å². The number of nitrogens with zero attached hydrogens (tertiary/aromatic N) is 2. The third-order valence-electron chi connectivity index (χ3n) is 4.92. The van der Waals surface area contributed by atoms with Crippen LogP contribution in [0, 0.1) is 6.92 Å². The minimum absolute atomic E-state index is 0.262. The zero-order valence-corrected chi connectivity index (χ0v) is 16.8. The van der Waals surface area contributed by atoms with Gasteiger partial charge in [-0.2, -0.15) is 0 Å². The number of aryl methyl sites for hydroxylation is 1. The van der Waals surface area contributed by atoms with Gasteiger partial charge < -0.3 is 18.8 Å². The second-order valence-corrected chi connectivity index (χ2v) is 7.01. The molecule has 4 rings (SSSR count). The van der Waals surface area contributed by atoms with Crippen molar-refractivity contribution in [2.45, 2.75) is 32.8 Å². The Morgan fingerprint density at radius 2 is 1.97 bits per heavy atom. The van der Waals surface area contributed by atoms with Crippen LogP contribution in [0.2, 0.25) is 0 Å². The van der Waals surface area contributed by atoms with Gasteiger partial charge in [0, 0.05) is 30.4 Å². The van der Waals surface area contributed by atoms with E-state index in [4.69, 9.17) is 13.7 Å². The lowest BCUT2D eigenvalue weighted by Crippen LogP contribution is -2.26. The number of aliphatic carboxylic acids is 1. The van der Waals surface area contributed by atoms with Crippen molar-refractivity contribution in [1.82, 2.24) is 10.1 Å². The highest BCUT2D eigenvalue weighted by Gasteiger charge is 2.20. The monoisotopic (exact) mass is 406 g/mol. The number of hydrogen-bond acceptors (Lipinski definition) is 6. The summed E-state index contributed by atoms with van der Waals surface area (Å²) in [5, 5.41) is 14.3. The van der Waals surface area contributed by atoms with Crippen molar-refractivity contribution in [1.29, 1.82) is 0 Å². The highest BCUT2D eigenvalue weighted by atomic mass is 16.5. The Morgan fingerprint density at radius 1 is 1.17 bits per heavy atom. The number of carbonyl (C=O) groups is 1. The topological polar surface area (TPSA) is 98.6 Å².